The molecule has 0 unspecified atom stereocenters. The van der Waals surface area contributed by atoms with Gasteiger partial charge in [-0.1, -0.05) is 0 Å². The molecule has 3 aromatic rings. The van der Waals surface area contributed by atoms with Crippen molar-refractivity contribution < 1.29 is 9.18 Å². The van der Waals surface area contributed by atoms with E-state index < -0.39 is 5.82 Å². The van der Waals surface area contributed by atoms with E-state index >= 15 is 0 Å². The number of halogens is 1. The maximum atomic E-state index is 13.6. The van der Waals surface area contributed by atoms with Crippen molar-refractivity contribution >= 4 is 5.78 Å². The lowest BCUT2D eigenvalue weighted by Crippen LogP contribution is -2.07. The standard InChI is InChI=1S/C19H20FN5O/c1-12(26)18-7-16(20)5-6-17(18)19-22-13(2)23-25(19)11-15-8-21-24(10-15)9-14-3-4-14/h5-8,10,14H,3-4,9,11H2,1-2H3. The molecule has 1 aliphatic rings. The molecule has 0 N–H and O–H groups in total. The van der Waals surface area contributed by atoms with Crippen molar-refractivity contribution in [2.75, 3.05) is 0 Å². The predicted octanol–water partition coefficient (Wildman–Crippen LogP) is 3.25. The highest BCUT2D eigenvalue weighted by atomic mass is 19.1. The molecular formula is C19H20FN5O. The Morgan fingerprint density at radius 2 is 2.15 bits per heavy atom. The van der Waals surface area contributed by atoms with Crippen LogP contribution in [0.2, 0.25) is 0 Å². The van der Waals surface area contributed by atoms with Crippen LogP contribution < -0.4 is 0 Å². The van der Waals surface area contributed by atoms with Crippen molar-refractivity contribution in [2.24, 2.45) is 5.92 Å². The first-order valence-corrected chi connectivity index (χ1v) is 8.73. The number of nitrogens with zero attached hydrogens (tertiary/aromatic N) is 5. The molecule has 0 spiro atoms. The molecule has 0 saturated heterocycles. The van der Waals surface area contributed by atoms with E-state index in [1.807, 2.05) is 17.1 Å². The number of aryl methyl sites for hydroxylation is 1. The van der Waals surface area contributed by atoms with E-state index in [2.05, 4.69) is 15.2 Å². The second kappa shape index (κ2) is 6.48. The largest absolute Gasteiger partial charge is 0.294 e. The Morgan fingerprint density at radius 3 is 2.88 bits per heavy atom. The molecule has 4 rings (SSSR count). The summed E-state index contributed by atoms with van der Waals surface area (Å²) in [5.74, 6) is 1.27. The topological polar surface area (TPSA) is 65.6 Å². The van der Waals surface area contributed by atoms with Gasteiger partial charge in [0.15, 0.2) is 11.6 Å². The summed E-state index contributed by atoms with van der Waals surface area (Å²) in [4.78, 5) is 16.4. The third kappa shape index (κ3) is 3.42. The van der Waals surface area contributed by atoms with E-state index in [9.17, 15) is 9.18 Å². The summed E-state index contributed by atoms with van der Waals surface area (Å²) < 4.78 is 17.3. The number of hydrogen-bond acceptors (Lipinski definition) is 4. The van der Waals surface area contributed by atoms with Gasteiger partial charge in [-0.25, -0.2) is 14.1 Å². The highest BCUT2D eigenvalue weighted by Crippen LogP contribution is 2.30. The number of rotatable bonds is 6. The van der Waals surface area contributed by atoms with Crippen LogP contribution in [0, 0.1) is 18.7 Å². The lowest BCUT2D eigenvalue weighted by atomic mass is 10.0. The number of hydrogen-bond donors (Lipinski definition) is 0. The normalized spacial score (nSPS) is 14.0. The quantitative estimate of drug-likeness (QED) is 0.638. The molecule has 1 aromatic carbocycles. The fourth-order valence-corrected chi connectivity index (χ4v) is 3.09. The maximum Gasteiger partial charge on any atom is 0.160 e. The number of aromatic nitrogens is 5. The van der Waals surface area contributed by atoms with E-state index in [0.717, 1.165) is 18.0 Å². The Bertz CT molecular complexity index is 970. The number of benzene rings is 1. The summed E-state index contributed by atoms with van der Waals surface area (Å²) >= 11 is 0. The van der Waals surface area contributed by atoms with Crippen molar-refractivity contribution in [3.8, 4) is 11.4 Å². The minimum Gasteiger partial charge on any atom is -0.294 e. The highest BCUT2D eigenvalue weighted by molar-refractivity contribution is 6.00. The van der Waals surface area contributed by atoms with Gasteiger partial charge in [0.2, 0.25) is 0 Å². The molecule has 1 fully saturated rings. The van der Waals surface area contributed by atoms with Gasteiger partial charge in [0.05, 0.1) is 12.7 Å². The summed E-state index contributed by atoms with van der Waals surface area (Å²) in [7, 11) is 0. The Hall–Kier alpha value is -2.83. The van der Waals surface area contributed by atoms with Gasteiger partial charge < -0.3 is 0 Å². The molecule has 7 heteroatoms. The highest BCUT2D eigenvalue weighted by Gasteiger charge is 2.22. The molecule has 0 bridgehead atoms. The van der Waals surface area contributed by atoms with E-state index in [1.54, 1.807) is 17.7 Å². The van der Waals surface area contributed by atoms with Gasteiger partial charge >= 0.3 is 0 Å². The summed E-state index contributed by atoms with van der Waals surface area (Å²) in [6.07, 6.45) is 6.41. The molecule has 0 radical (unpaired) electrons. The van der Waals surface area contributed by atoms with Crippen LogP contribution in [0.1, 0.15) is 41.5 Å². The lowest BCUT2D eigenvalue weighted by Gasteiger charge is -2.08. The van der Waals surface area contributed by atoms with Gasteiger partial charge in [0, 0.05) is 29.4 Å². The van der Waals surface area contributed by atoms with Crippen LogP contribution in [0.4, 0.5) is 4.39 Å². The fourth-order valence-electron chi connectivity index (χ4n) is 3.09. The van der Waals surface area contributed by atoms with Gasteiger partial charge in [0.25, 0.3) is 0 Å². The molecule has 2 aromatic heterocycles. The molecule has 26 heavy (non-hydrogen) atoms. The zero-order chi connectivity index (χ0) is 18.3. The zero-order valence-electron chi connectivity index (χ0n) is 14.8. The van der Waals surface area contributed by atoms with Gasteiger partial charge in [-0.15, -0.1) is 0 Å². The van der Waals surface area contributed by atoms with Crippen LogP contribution in [-0.2, 0) is 13.1 Å². The number of ketones is 1. The summed E-state index contributed by atoms with van der Waals surface area (Å²) in [6, 6.07) is 4.17. The maximum absolute atomic E-state index is 13.6. The van der Waals surface area contributed by atoms with E-state index in [-0.39, 0.29) is 5.78 Å². The van der Waals surface area contributed by atoms with Gasteiger partial charge in [-0.2, -0.15) is 10.2 Å². The second-order valence-corrected chi connectivity index (χ2v) is 6.90. The van der Waals surface area contributed by atoms with Crippen LogP contribution in [-0.4, -0.2) is 30.3 Å². The molecule has 0 amide bonds. The molecule has 1 saturated carbocycles. The average Bonchev–Trinajstić information content (AvgIpc) is 3.18. The van der Waals surface area contributed by atoms with Crippen molar-refractivity contribution in [3.05, 3.63) is 53.4 Å². The lowest BCUT2D eigenvalue weighted by molar-refractivity contribution is 0.101. The molecule has 0 aliphatic heterocycles. The predicted molar refractivity (Wildman–Crippen MR) is 94.2 cm³/mol. The van der Waals surface area contributed by atoms with E-state index in [1.165, 1.54) is 31.9 Å². The average molecular weight is 353 g/mol. The van der Waals surface area contributed by atoms with Crippen LogP contribution in [0.3, 0.4) is 0 Å². The number of Topliss-reactive ketones (excluding diaryl/α,β-unsaturated/α-hetero) is 1. The van der Waals surface area contributed by atoms with Crippen LogP contribution in [0.15, 0.2) is 30.6 Å². The summed E-state index contributed by atoms with van der Waals surface area (Å²) in [6.45, 7) is 4.67. The van der Waals surface area contributed by atoms with Crippen molar-refractivity contribution in [3.63, 3.8) is 0 Å². The SMILES string of the molecule is CC(=O)c1cc(F)ccc1-c1nc(C)nn1Cc1cnn(CC2CC2)c1. The van der Waals surface area contributed by atoms with Gasteiger partial charge in [-0.05, 0) is 50.8 Å². The van der Waals surface area contributed by atoms with Gasteiger partial charge in [-0.3, -0.25) is 9.48 Å². The van der Waals surface area contributed by atoms with Crippen molar-refractivity contribution in [2.45, 2.75) is 39.8 Å². The first-order valence-electron chi connectivity index (χ1n) is 8.73. The Kier molecular flexibility index (Phi) is 4.14. The third-order valence-electron chi connectivity index (χ3n) is 4.54. The van der Waals surface area contributed by atoms with E-state index in [0.29, 0.717) is 29.3 Å². The van der Waals surface area contributed by atoms with Gasteiger partial charge in [0.1, 0.15) is 11.6 Å². The minimum atomic E-state index is -0.442. The first-order chi connectivity index (χ1) is 12.5. The van der Waals surface area contributed by atoms with Crippen molar-refractivity contribution in [1.29, 1.82) is 0 Å². The number of carbonyl (C=O) groups excluding carboxylic acids is 1. The summed E-state index contributed by atoms with van der Waals surface area (Å²) in [5, 5.41) is 8.86. The number of carbonyl (C=O) groups is 1. The van der Waals surface area contributed by atoms with Crippen molar-refractivity contribution in [1.82, 2.24) is 24.5 Å². The second-order valence-electron chi connectivity index (χ2n) is 6.90. The third-order valence-corrected chi connectivity index (χ3v) is 4.54. The monoisotopic (exact) mass is 353 g/mol. The smallest absolute Gasteiger partial charge is 0.160 e. The Morgan fingerprint density at radius 1 is 1.35 bits per heavy atom. The molecule has 0 atom stereocenters. The molecule has 134 valence electrons. The Labute approximate surface area is 150 Å². The minimum absolute atomic E-state index is 0.205. The van der Waals surface area contributed by atoms with E-state index in [4.69, 9.17) is 0 Å². The molecule has 1 aliphatic carbocycles. The van der Waals surface area contributed by atoms with Crippen LogP contribution >= 0.6 is 0 Å². The molecular weight excluding hydrogens is 333 g/mol. The van der Waals surface area contributed by atoms with Crippen LogP contribution in [0.25, 0.3) is 11.4 Å². The van der Waals surface area contributed by atoms with Crippen LogP contribution in [0.5, 0.6) is 0 Å². The Balaban J connectivity index is 1.67. The summed E-state index contributed by atoms with van der Waals surface area (Å²) in [5.41, 5.74) is 1.91. The molecule has 2 heterocycles. The first kappa shape index (κ1) is 16.6. The molecule has 6 nitrogen and oxygen atoms in total. The zero-order valence-corrected chi connectivity index (χ0v) is 14.8. The fraction of sp³-hybridized carbons (Fsp3) is 0.368.